The van der Waals surface area contributed by atoms with E-state index in [0.29, 0.717) is 12.0 Å². The normalized spacial score (nSPS) is 10.1. The number of hydrogen-bond acceptors (Lipinski definition) is 4. The Bertz CT molecular complexity index is 656. The van der Waals surface area contributed by atoms with Gasteiger partial charge in [0.25, 0.3) is 5.91 Å². The van der Waals surface area contributed by atoms with Crippen LogP contribution in [0.15, 0.2) is 36.7 Å². The lowest BCUT2D eigenvalue weighted by atomic mass is 10.0. The fraction of sp³-hybridized carbons (Fsp3) is 0.143. The number of aryl methyl sites for hydroxylation is 1. The average molecular weight is 271 g/mol. The minimum Gasteiger partial charge on any atom is -0.476 e. The van der Waals surface area contributed by atoms with Gasteiger partial charge in [0.15, 0.2) is 11.5 Å². The second-order valence-corrected chi connectivity index (χ2v) is 4.02. The molecule has 2 rings (SSSR count). The Morgan fingerprint density at radius 1 is 1.20 bits per heavy atom. The zero-order chi connectivity index (χ0) is 14.5. The molecule has 2 aromatic rings. The van der Waals surface area contributed by atoms with Gasteiger partial charge in [0.2, 0.25) is 0 Å². The van der Waals surface area contributed by atoms with Crippen molar-refractivity contribution in [3.8, 4) is 0 Å². The number of amides is 1. The smallest absolute Gasteiger partial charge is 0.358 e. The van der Waals surface area contributed by atoms with Crippen LogP contribution in [0.1, 0.15) is 33.3 Å². The Balaban J connectivity index is 2.31. The highest BCUT2D eigenvalue weighted by Gasteiger charge is 2.17. The summed E-state index contributed by atoms with van der Waals surface area (Å²) in [7, 11) is 0. The molecule has 20 heavy (non-hydrogen) atoms. The van der Waals surface area contributed by atoms with Gasteiger partial charge in [-0.15, -0.1) is 0 Å². The second-order valence-electron chi connectivity index (χ2n) is 4.02. The maximum atomic E-state index is 12.2. The van der Waals surface area contributed by atoms with Gasteiger partial charge in [-0.05, 0) is 18.1 Å². The van der Waals surface area contributed by atoms with Crippen molar-refractivity contribution in [2.75, 3.05) is 5.32 Å². The summed E-state index contributed by atoms with van der Waals surface area (Å²) in [5.41, 5.74) is 1.09. The van der Waals surface area contributed by atoms with E-state index in [2.05, 4.69) is 15.3 Å². The molecule has 1 heterocycles. The summed E-state index contributed by atoms with van der Waals surface area (Å²) in [6.07, 6.45) is 3.29. The number of benzene rings is 1. The summed E-state index contributed by atoms with van der Waals surface area (Å²) in [6, 6.07) is 7.14. The summed E-state index contributed by atoms with van der Waals surface area (Å²) < 4.78 is 0. The molecule has 6 nitrogen and oxygen atoms in total. The quantitative estimate of drug-likeness (QED) is 0.887. The summed E-state index contributed by atoms with van der Waals surface area (Å²) in [5, 5.41) is 11.5. The van der Waals surface area contributed by atoms with Crippen LogP contribution in [0.25, 0.3) is 0 Å². The van der Waals surface area contributed by atoms with Crippen LogP contribution in [0, 0.1) is 0 Å². The molecule has 0 aliphatic carbocycles. The van der Waals surface area contributed by atoms with E-state index < -0.39 is 11.9 Å². The molecule has 0 fully saturated rings. The number of carbonyl (C=O) groups is 2. The van der Waals surface area contributed by atoms with Crippen molar-refractivity contribution in [2.45, 2.75) is 13.3 Å². The Morgan fingerprint density at radius 2 is 1.90 bits per heavy atom. The van der Waals surface area contributed by atoms with Gasteiger partial charge in [-0.1, -0.05) is 25.1 Å². The number of anilines is 1. The van der Waals surface area contributed by atoms with E-state index in [1.165, 1.54) is 12.4 Å². The van der Waals surface area contributed by atoms with Crippen LogP contribution in [0.4, 0.5) is 5.82 Å². The average Bonchev–Trinajstić information content (AvgIpc) is 2.47. The summed E-state index contributed by atoms with van der Waals surface area (Å²) in [6.45, 7) is 1.94. The van der Waals surface area contributed by atoms with E-state index in [4.69, 9.17) is 5.11 Å². The van der Waals surface area contributed by atoms with Crippen LogP contribution < -0.4 is 5.32 Å². The number of carboxylic acid groups (broad SMARTS) is 1. The Labute approximate surface area is 115 Å². The molecule has 1 amide bonds. The third-order valence-corrected chi connectivity index (χ3v) is 2.78. The Kier molecular flexibility index (Phi) is 4.05. The first kappa shape index (κ1) is 13.7. The van der Waals surface area contributed by atoms with Crippen molar-refractivity contribution in [2.24, 2.45) is 0 Å². The SMILES string of the molecule is CCc1ccccc1C(=O)Nc1nccnc1C(=O)O. The molecule has 0 radical (unpaired) electrons. The van der Waals surface area contributed by atoms with Crippen molar-refractivity contribution in [3.63, 3.8) is 0 Å². The second kappa shape index (κ2) is 5.92. The lowest BCUT2D eigenvalue weighted by molar-refractivity contribution is 0.0691. The number of rotatable bonds is 4. The zero-order valence-electron chi connectivity index (χ0n) is 10.8. The highest BCUT2D eigenvalue weighted by Crippen LogP contribution is 2.14. The monoisotopic (exact) mass is 271 g/mol. The number of nitrogens with one attached hydrogen (secondary N) is 1. The topological polar surface area (TPSA) is 92.2 Å². The van der Waals surface area contributed by atoms with Gasteiger partial charge >= 0.3 is 5.97 Å². The van der Waals surface area contributed by atoms with Crippen LogP contribution in [-0.4, -0.2) is 27.0 Å². The molecule has 0 bridgehead atoms. The van der Waals surface area contributed by atoms with Crippen molar-refractivity contribution in [1.82, 2.24) is 9.97 Å². The molecule has 0 atom stereocenters. The molecular weight excluding hydrogens is 258 g/mol. The molecular formula is C14H13N3O3. The Morgan fingerprint density at radius 3 is 2.60 bits per heavy atom. The van der Waals surface area contributed by atoms with Gasteiger partial charge in [0.1, 0.15) is 0 Å². The first-order chi connectivity index (χ1) is 9.63. The van der Waals surface area contributed by atoms with Gasteiger partial charge in [-0.2, -0.15) is 0 Å². The van der Waals surface area contributed by atoms with E-state index in [1.807, 2.05) is 19.1 Å². The van der Waals surface area contributed by atoms with Crippen LogP contribution in [0.3, 0.4) is 0 Å². The molecule has 102 valence electrons. The first-order valence-electron chi connectivity index (χ1n) is 6.07. The standard InChI is InChI=1S/C14H13N3O3/c1-2-9-5-3-4-6-10(9)13(18)17-12-11(14(19)20)15-7-8-16-12/h3-8H,2H2,1H3,(H,19,20)(H,16,17,18). The van der Waals surface area contributed by atoms with Gasteiger partial charge in [-0.25, -0.2) is 14.8 Å². The summed E-state index contributed by atoms with van der Waals surface area (Å²) >= 11 is 0. The molecule has 0 saturated heterocycles. The van der Waals surface area contributed by atoms with Gasteiger partial charge in [0, 0.05) is 18.0 Å². The van der Waals surface area contributed by atoms with Crippen molar-refractivity contribution >= 4 is 17.7 Å². The minimum atomic E-state index is -1.24. The largest absolute Gasteiger partial charge is 0.476 e. The van der Waals surface area contributed by atoms with E-state index >= 15 is 0 Å². The van der Waals surface area contributed by atoms with Gasteiger partial charge in [-0.3, -0.25) is 4.79 Å². The van der Waals surface area contributed by atoms with Crippen molar-refractivity contribution in [1.29, 1.82) is 0 Å². The molecule has 0 spiro atoms. The number of nitrogens with zero attached hydrogens (tertiary/aromatic N) is 2. The fourth-order valence-electron chi connectivity index (χ4n) is 1.81. The fourth-order valence-corrected chi connectivity index (χ4v) is 1.81. The third-order valence-electron chi connectivity index (χ3n) is 2.78. The lowest BCUT2D eigenvalue weighted by Gasteiger charge is -2.09. The van der Waals surface area contributed by atoms with Gasteiger partial charge < -0.3 is 10.4 Å². The van der Waals surface area contributed by atoms with Crippen LogP contribution in [0.5, 0.6) is 0 Å². The zero-order valence-corrected chi connectivity index (χ0v) is 10.8. The van der Waals surface area contributed by atoms with Crippen molar-refractivity contribution in [3.05, 3.63) is 53.5 Å². The molecule has 6 heteroatoms. The summed E-state index contributed by atoms with van der Waals surface area (Å²) in [4.78, 5) is 30.7. The van der Waals surface area contributed by atoms with Crippen LogP contribution in [-0.2, 0) is 6.42 Å². The molecule has 0 aliphatic heterocycles. The number of aromatic nitrogens is 2. The van der Waals surface area contributed by atoms with Crippen LogP contribution in [0.2, 0.25) is 0 Å². The van der Waals surface area contributed by atoms with E-state index in [0.717, 1.165) is 5.56 Å². The van der Waals surface area contributed by atoms with Crippen LogP contribution >= 0.6 is 0 Å². The lowest BCUT2D eigenvalue weighted by Crippen LogP contribution is -2.18. The third kappa shape index (κ3) is 2.80. The molecule has 0 aliphatic rings. The van der Waals surface area contributed by atoms with E-state index in [-0.39, 0.29) is 11.5 Å². The predicted molar refractivity (Wildman–Crippen MR) is 72.8 cm³/mol. The maximum absolute atomic E-state index is 12.2. The first-order valence-corrected chi connectivity index (χ1v) is 6.07. The number of hydrogen-bond donors (Lipinski definition) is 2. The number of carboxylic acids is 1. The van der Waals surface area contributed by atoms with E-state index in [9.17, 15) is 9.59 Å². The highest BCUT2D eigenvalue weighted by molar-refractivity contribution is 6.07. The molecule has 1 aromatic heterocycles. The van der Waals surface area contributed by atoms with Gasteiger partial charge in [0.05, 0.1) is 0 Å². The highest BCUT2D eigenvalue weighted by atomic mass is 16.4. The molecule has 2 N–H and O–H groups in total. The number of carbonyl (C=O) groups excluding carboxylic acids is 1. The van der Waals surface area contributed by atoms with Crippen molar-refractivity contribution < 1.29 is 14.7 Å². The number of aromatic carboxylic acids is 1. The minimum absolute atomic E-state index is 0.0593. The molecule has 1 aromatic carbocycles. The summed E-state index contributed by atoms with van der Waals surface area (Å²) in [5.74, 6) is -1.70. The maximum Gasteiger partial charge on any atom is 0.358 e. The van der Waals surface area contributed by atoms with E-state index in [1.54, 1.807) is 12.1 Å². The predicted octanol–water partition coefficient (Wildman–Crippen LogP) is 1.99. The Hall–Kier alpha value is -2.76. The molecule has 0 unspecified atom stereocenters. The molecule has 0 saturated carbocycles.